The van der Waals surface area contributed by atoms with Crippen LogP contribution in [0.5, 0.6) is 0 Å². The Morgan fingerprint density at radius 3 is 2.46 bits per heavy atom. The fraction of sp³-hybridized carbons (Fsp3) is 0.889. The molecule has 0 atom stereocenters. The fourth-order valence-corrected chi connectivity index (χ4v) is 1.42. The lowest BCUT2D eigenvalue weighted by Crippen LogP contribution is -2.61. The second-order valence-corrected chi connectivity index (χ2v) is 3.88. The number of nitrogens with two attached hydrogens (primary N) is 1. The van der Waals surface area contributed by atoms with Gasteiger partial charge < -0.3 is 15.2 Å². The highest BCUT2D eigenvalue weighted by molar-refractivity contribution is 5.82. The molecule has 0 unspecified atom stereocenters. The van der Waals surface area contributed by atoms with E-state index < -0.39 is 5.54 Å². The maximum absolute atomic E-state index is 11.4. The van der Waals surface area contributed by atoms with Crippen molar-refractivity contribution in [2.24, 2.45) is 5.73 Å². The van der Waals surface area contributed by atoms with E-state index in [1.54, 1.807) is 7.11 Å². The molecule has 1 aliphatic carbocycles. The van der Waals surface area contributed by atoms with Crippen molar-refractivity contribution in [1.82, 2.24) is 0 Å². The zero-order valence-electron chi connectivity index (χ0n) is 8.37. The molecule has 0 aromatic rings. The molecule has 0 spiro atoms. The van der Waals surface area contributed by atoms with Crippen LogP contribution in [0.15, 0.2) is 0 Å². The molecule has 0 saturated heterocycles. The van der Waals surface area contributed by atoms with Gasteiger partial charge in [0.25, 0.3) is 0 Å². The minimum Gasteiger partial charge on any atom is -0.462 e. The normalized spacial score (nSPS) is 32.8. The molecular weight excluding hydrogens is 170 g/mol. The van der Waals surface area contributed by atoms with Crippen molar-refractivity contribution in [2.75, 3.05) is 7.11 Å². The van der Waals surface area contributed by atoms with Crippen LogP contribution < -0.4 is 5.73 Å². The van der Waals surface area contributed by atoms with Crippen LogP contribution in [0.4, 0.5) is 0 Å². The Hall–Kier alpha value is -0.610. The van der Waals surface area contributed by atoms with Crippen molar-refractivity contribution in [3.63, 3.8) is 0 Å². The maximum Gasteiger partial charge on any atom is 0.326 e. The Kier molecular flexibility index (Phi) is 2.93. The first-order valence-electron chi connectivity index (χ1n) is 4.50. The monoisotopic (exact) mass is 187 g/mol. The lowest BCUT2D eigenvalue weighted by Gasteiger charge is -2.41. The molecule has 4 nitrogen and oxygen atoms in total. The summed E-state index contributed by atoms with van der Waals surface area (Å²) in [7, 11) is 1.62. The quantitative estimate of drug-likeness (QED) is 0.651. The minimum atomic E-state index is -0.801. The van der Waals surface area contributed by atoms with Crippen LogP contribution in [0, 0.1) is 0 Å². The second-order valence-electron chi connectivity index (χ2n) is 3.88. The first kappa shape index (κ1) is 10.5. The van der Waals surface area contributed by atoms with E-state index in [2.05, 4.69) is 0 Å². The van der Waals surface area contributed by atoms with Gasteiger partial charge in [0.05, 0.1) is 12.2 Å². The summed E-state index contributed by atoms with van der Waals surface area (Å²) in [5.74, 6) is -0.309. The number of esters is 1. The number of carbonyl (C=O) groups excluding carboxylic acids is 1. The summed E-state index contributed by atoms with van der Waals surface area (Å²) < 4.78 is 10.1. The molecule has 0 aliphatic heterocycles. The SMILES string of the molecule is COC1CC(N)(C(=O)OC(C)C)C1. The Morgan fingerprint density at radius 1 is 1.54 bits per heavy atom. The van der Waals surface area contributed by atoms with Crippen LogP contribution >= 0.6 is 0 Å². The Bertz CT molecular complexity index is 197. The van der Waals surface area contributed by atoms with Gasteiger partial charge in [0, 0.05) is 20.0 Å². The molecule has 0 bridgehead atoms. The molecule has 2 N–H and O–H groups in total. The van der Waals surface area contributed by atoms with Gasteiger partial charge in [0.15, 0.2) is 0 Å². The van der Waals surface area contributed by atoms with E-state index in [4.69, 9.17) is 15.2 Å². The summed E-state index contributed by atoms with van der Waals surface area (Å²) in [5, 5.41) is 0. The van der Waals surface area contributed by atoms with Gasteiger partial charge >= 0.3 is 5.97 Å². The minimum absolute atomic E-state index is 0.102. The number of carbonyl (C=O) groups is 1. The van der Waals surface area contributed by atoms with Crippen LogP contribution in [0.2, 0.25) is 0 Å². The average Bonchev–Trinajstić information content (AvgIpc) is 1.97. The van der Waals surface area contributed by atoms with E-state index in [9.17, 15) is 4.79 Å². The van der Waals surface area contributed by atoms with Crippen molar-refractivity contribution < 1.29 is 14.3 Å². The first-order chi connectivity index (χ1) is 5.98. The average molecular weight is 187 g/mol. The third-order valence-corrected chi connectivity index (χ3v) is 2.27. The highest BCUT2D eigenvalue weighted by Crippen LogP contribution is 2.33. The molecule has 0 aromatic heterocycles. The van der Waals surface area contributed by atoms with Gasteiger partial charge in [-0.3, -0.25) is 4.79 Å². The third-order valence-electron chi connectivity index (χ3n) is 2.27. The highest BCUT2D eigenvalue weighted by atomic mass is 16.5. The van der Waals surface area contributed by atoms with Crippen molar-refractivity contribution >= 4 is 5.97 Å². The Morgan fingerprint density at radius 2 is 2.08 bits per heavy atom. The standard InChI is InChI=1S/C9H17NO3/c1-6(2)13-8(11)9(10)4-7(5-9)12-3/h6-7H,4-5,10H2,1-3H3. The highest BCUT2D eigenvalue weighted by Gasteiger charge is 2.48. The van der Waals surface area contributed by atoms with E-state index in [0.717, 1.165) is 0 Å². The van der Waals surface area contributed by atoms with E-state index in [1.807, 2.05) is 13.8 Å². The van der Waals surface area contributed by atoms with E-state index >= 15 is 0 Å². The van der Waals surface area contributed by atoms with E-state index in [-0.39, 0.29) is 18.2 Å². The molecule has 13 heavy (non-hydrogen) atoms. The number of hydrogen-bond acceptors (Lipinski definition) is 4. The van der Waals surface area contributed by atoms with Gasteiger partial charge in [-0.1, -0.05) is 0 Å². The van der Waals surface area contributed by atoms with Crippen LogP contribution in [0.3, 0.4) is 0 Å². The van der Waals surface area contributed by atoms with E-state index in [0.29, 0.717) is 12.8 Å². The van der Waals surface area contributed by atoms with Crippen molar-refractivity contribution in [3.05, 3.63) is 0 Å². The van der Waals surface area contributed by atoms with Gasteiger partial charge in [-0.15, -0.1) is 0 Å². The van der Waals surface area contributed by atoms with E-state index in [1.165, 1.54) is 0 Å². The molecular formula is C9H17NO3. The molecule has 0 radical (unpaired) electrons. The lowest BCUT2D eigenvalue weighted by atomic mass is 9.75. The zero-order valence-corrected chi connectivity index (χ0v) is 8.37. The third kappa shape index (κ3) is 2.19. The summed E-state index contributed by atoms with van der Waals surface area (Å²) in [5.41, 5.74) is 5.01. The Labute approximate surface area is 78.4 Å². The molecule has 0 amide bonds. The predicted octanol–water partition coefficient (Wildman–Crippen LogP) is 0.444. The van der Waals surface area contributed by atoms with Crippen molar-refractivity contribution in [3.8, 4) is 0 Å². The predicted molar refractivity (Wildman–Crippen MR) is 48.2 cm³/mol. The Balaban J connectivity index is 2.40. The molecule has 1 fully saturated rings. The summed E-state index contributed by atoms with van der Waals surface area (Å²) in [6.07, 6.45) is 1.14. The second kappa shape index (κ2) is 3.64. The zero-order chi connectivity index (χ0) is 10.1. The maximum atomic E-state index is 11.4. The van der Waals surface area contributed by atoms with Crippen LogP contribution in [-0.4, -0.2) is 30.8 Å². The number of ether oxygens (including phenoxy) is 2. The molecule has 76 valence electrons. The molecule has 1 saturated carbocycles. The number of methoxy groups -OCH3 is 1. The summed E-state index contributed by atoms with van der Waals surface area (Å²) in [6.45, 7) is 3.63. The number of hydrogen-bond donors (Lipinski definition) is 1. The van der Waals surface area contributed by atoms with Gasteiger partial charge in [-0.2, -0.15) is 0 Å². The van der Waals surface area contributed by atoms with Gasteiger partial charge in [-0.05, 0) is 13.8 Å². The van der Waals surface area contributed by atoms with Gasteiger partial charge in [-0.25, -0.2) is 0 Å². The molecule has 1 aliphatic rings. The molecule has 0 heterocycles. The van der Waals surface area contributed by atoms with Crippen LogP contribution in [-0.2, 0) is 14.3 Å². The first-order valence-corrected chi connectivity index (χ1v) is 4.50. The topological polar surface area (TPSA) is 61.5 Å². The van der Waals surface area contributed by atoms with Crippen molar-refractivity contribution in [2.45, 2.75) is 44.4 Å². The summed E-state index contributed by atoms with van der Waals surface area (Å²) in [6, 6.07) is 0. The fourth-order valence-electron chi connectivity index (χ4n) is 1.42. The van der Waals surface area contributed by atoms with Crippen molar-refractivity contribution in [1.29, 1.82) is 0 Å². The van der Waals surface area contributed by atoms with Crippen LogP contribution in [0.1, 0.15) is 26.7 Å². The molecule has 1 rings (SSSR count). The van der Waals surface area contributed by atoms with Gasteiger partial charge in [0.2, 0.25) is 0 Å². The summed E-state index contributed by atoms with van der Waals surface area (Å²) in [4.78, 5) is 11.4. The lowest BCUT2D eigenvalue weighted by molar-refractivity contribution is -0.163. The molecule has 0 aromatic carbocycles. The summed E-state index contributed by atoms with van der Waals surface area (Å²) >= 11 is 0. The smallest absolute Gasteiger partial charge is 0.326 e. The largest absolute Gasteiger partial charge is 0.462 e. The van der Waals surface area contributed by atoms with Gasteiger partial charge in [0.1, 0.15) is 5.54 Å². The number of rotatable bonds is 3. The van der Waals surface area contributed by atoms with Crippen LogP contribution in [0.25, 0.3) is 0 Å². The molecule has 4 heteroatoms.